The van der Waals surface area contributed by atoms with Gasteiger partial charge < -0.3 is 0 Å². The maximum absolute atomic E-state index is 12.4. The lowest BCUT2D eigenvalue weighted by Crippen LogP contribution is -2.27. The van der Waals surface area contributed by atoms with Crippen LogP contribution in [-0.4, -0.2) is 20.8 Å². The highest BCUT2D eigenvalue weighted by atomic mass is 79.9. The van der Waals surface area contributed by atoms with E-state index in [1.165, 1.54) is 0 Å². The lowest BCUT2D eigenvalue weighted by Gasteiger charge is -2.25. The first kappa shape index (κ1) is 11.8. The first-order chi connectivity index (χ1) is 7.43. The van der Waals surface area contributed by atoms with Gasteiger partial charge in [0.1, 0.15) is 5.69 Å². The van der Waals surface area contributed by atoms with Gasteiger partial charge in [-0.15, -0.1) is 5.10 Å². The maximum Gasteiger partial charge on any atom is 0.187 e. The summed E-state index contributed by atoms with van der Waals surface area (Å²) in [5, 5.41) is 7.72. The van der Waals surface area contributed by atoms with Crippen molar-refractivity contribution in [3.8, 4) is 0 Å². The molecule has 1 fully saturated rings. The largest absolute Gasteiger partial charge is 0.292 e. The van der Waals surface area contributed by atoms with Crippen LogP contribution in [0.1, 0.15) is 43.6 Å². The normalized spacial score (nSPS) is 23.6. The lowest BCUT2D eigenvalue weighted by molar-refractivity contribution is 0.0828. The third-order valence-electron chi connectivity index (χ3n) is 3.59. The average molecular weight is 286 g/mol. The molecule has 0 saturated heterocycles. The zero-order valence-corrected chi connectivity index (χ0v) is 11.4. The van der Waals surface area contributed by atoms with E-state index < -0.39 is 0 Å². The number of carbonyl (C=O) groups is 1. The van der Waals surface area contributed by atoms with E-state index in [1.807, 2.05) is 0 Å². The van der Waals surface area contributed by atoms with Crippen molar-refractivity contribution in [1.29, 1.82) is 0 Å². The minimum Gasteiger partial charge on any atom is -0.292 e. The second-order valence-electron chi connectivity index (χ2n) is 5.15. The molecule has 1 aliphatic carbocycles. The molecule has 0 amide bonds. The van der Waals surface area contributed by atoms with Gasteiger partial charge in [-0.3, -0.25) is 4.79 Å². The van der Waals surface area contributed by atoms with Gasteiger partial charge in [0.25, 0.3) is 0 Å². The summed E-state index contributed by atoms with van der Waals surface area (Å²) in [4.78, 5) is 12.4. The molecule has 0 aliphatic heterocycles. The summed E-state index contributed by atoms with van der Waals surface area (Å²) in [6, 6.07) is 0. The predicted molar refractivity (Wildman–Crippen MR) is 64.2 cm³/mol. The highest BCUT2D eigenvalue weighted by Crippen LogP contribution is 2.44. The number of Topliss-reactive ketones (excluding diaryl/α,β-unsaturated/α-hetero) is 1. The molecule has 0 bridgehead atoms. The van der Waals surface area contributed by atoms with Crippen LogP contribution in [0.5, 0.6) is 0 Å². The zero-order valence-electron chi connectivity index (χ0n) is 9.83. The number of halogens is 1. The van der Waals surface area contributed by atoms with Crippen LogP contribution in [0.25, 0.3) is 0 Å². The van der Waals surface area contributed by atoms with Crippen LogP contribution in [0, 0.1) is 11.3 Å². The first-order valence-electron chi connectivity index (χ1n) is 5.53. The van der Waals surface area contributed by atoms with Gasteiger partial charge in [0, 0.05) is 13.0 Å². The Hall–Kier alpha value is -0.710. The Morgan fingerprint density at radius 1 is 1.56 bits per heavy atom. The molecule has 1 aromatic rings. The van der Waals surface area contributed by atoms with Gasteiger partial charge in [0.2, 0.25) is 0 Å². The number of carbonyl (C=O) groups excluding carboxylic acids is 1. The highest BCUT2D eigenvalue weighted by Gasteiger charge is 2.41. The summed E-state index contributed by atoms with van der Waals surface area (Å²) in [5.74, 6) is 0.267. The number of rotatable bonds is 2. The predicted octanol–water partition coefficient (Wildman–Crippen LogP) is 2.59. The molecule has 1 heterocycles. The monoisotopic (exact) mass is 285 g/mol. The van der Waals surface area contributed by atoms with E-state index in [0.717, 1.165) is 19.3 Å². The molecule has 1 aromatic heterocycles. The molecular weight excluding hydrogens is 270 g/mol. The van der Waals surface area contributed by atoms with Crippen LogP contribution in [-0.2, 0) is 7.05 Å². The van der Waals surface area contributed by atoms with Crippen LogP contribution in [0.15, 0.2) is 4.60 Å². The van der Waals surface area contributed by atoms with E-state index in [1.54, 1.807) is 11.7 Å². The van der Waals surface area contributed by atoms with Crippen LogP contribution >= 0.6 is 15.9 Å². The van der Waals surface area contributed by atoms with Crippen molar-refractivity contribution in [2.24, 2.45) is 18.4 Å². The zero-order chi connectivity index (χ0) is 11.9. The van der Waals surface area contributed by atoms with Crippen molar-refractivity contribution in [2.45, 2.75) is 33.1 Å². The number of aryl methyl sites for hydroxylation is 1. The average Bonchev–Trinajstić information content (AvgIpc) is 2.69. The molecule has 4 nitrogen and oxygen atoms in total. The van der Waals surface area contributed by atoms with Crippen molar-refractivity contribution in [1.82, 2.24) is 15.0 Å². The third kappa shape index (κ3) is 1.81. The van der Waals surface area contributed by atoms with Crippen LogP contribution < -0.4 is 0 Å². The van der Waals surface area contributed by atoms with Crippen molar-refractivity contribution in [2.75, 3.05) is 0 Å². The van der Waals surface area contributed by atoms with Gasteiger partial charge >= 0.3 is 0 Å². The second-order valence-corrected chi connectivity index (χ2v) is 5.90. The third-order valence-corrected chi connectivity index (χ3v) is 4.13. The molecule has 5 heteroatoms. The number of aromatic nitrogens is 3. The van der Waals surface area contributed by atoms with Gasteiger partial charge in [-0.05, 0) is 34.2 Å². The molecular formula is C11H16BrN3O. The van der Waals surface area contributed by atoms with Crippen LogP contribution in [0.4, 0.5) is 0 Å². The SMILES string of the molecule is Cn1nnc(Br)c1C(=O)C1CCCC1(C)C. The van der Waals surface area contributed by atoms with Crippen molar-refractivity contribution < 1.29 is 4.79 Å². The van der Waals surface area contributed by atoms with E-state index >= 15 is 0 Å². The Labute approximate surface area is 104 Å². The molecule has 0 aromatic carbocycles. The Morgan fingerprint density at radius 3 is 2.69 bits per heavy atom. The summed E-state index contributed by atoms with van der Waals surface area (Å²) in [7, 11) is 1.76. The molecule has 2 rings (SSSR count). The molecule has 1 unspecified atom stereocenters. The quantitative estimate of drug-likeness (QED) is 0.785. The first-order valence-corrected chi connectivity index (χ1v) is 6.32. The molecule has 1 aliphatic rings. The maximum atomic E-state index is 12.4. The Bertz CT molecular complexity index is 405. The van der Waals surface area contributed by atoms with E-state index in [0.29, 0.717) is 10.3 Å². The Balaban J connectivity index is 2.33. The van der Waals surface area contributed by atoms with Crippen molar-refractivity contribution in [3.05, 3.63) is 10.3 Å². The van der Waals surface area contributed by atoms with Gasteiger partial charge in [-0.2, -0.15) is 0 Å². The summed E-state index contributed by atoms with van der Waals surface area (Å²) in [6.45, 7) is 4.33. The summed E-state index contributed by atoms with van der Waals surface area (Å²) in [5.41, 5.74) is 0.695. The topological polar surface area (TPSA) is 47.8 Å². The standard InChI is InChI=1S/C11H16BrN3O/c1-11(2)6-4-5-7(11)9(16)8-10(12)13-14-15(8)3/h7H,4-6H2,1-3H3. The van der Waals surface area contributed by atoms with Crippen LogP contribution in [0.2, 0.25) is 0 Å². The fourth-order valence-electron chi connectivity index (χ4n) is 2.57. The number of hydrogen-bond donors (Lipinski definition) is 0. The molecule has 0 radical (unpaired) electrons. The molecule has 0 spiro atoms. The molecule has 88 valence electrons. The number of nitrogens with zero attached hydrogens (tertiary/aromatic N) is 3. The fourth-order valence-corrected chi connectivity index (χ4v) is 3.09. The van der Waals surface area contributed by atoms with Gasteiger partial charge in [-0.25, -0.2) is 4.68 Å². The van der Waals surface area contributed by atoms with Crippen molar-refractivity contribution in [3.63, 3.8) is 0 Å². The van der Waals surface area contributed by atoms with Crippen LogP contribution in [0.3, 0.4) is 0 Å². The number of ketones is 1. The minimum absolute atomic E-state index is 0.0980. The van der Waals surface area contributed by atoms with E-state index in [2.05, 4.69) is 40.1 Å². The molecule has 16 heavy (non-hydrogen) atoms. The van der Waals surface area contributed by atoms with E-state index in [9.17, 15) is 4.79 Å². The van der Waals surface area contributed by atoms with Gasteiger partial charge in [0.15, 0.2) is 10.4 Å². The lowest BCUT2D eigenvalue weighted by atomic mass is 9.79. The minimum atomic E-state index is 0.0980. The van der Waals surface area contributed by atoms with E-state index in [4.69, 9.17) is 0 Å². The summed E-state index contributed by atoms with van der Waals surface area (Å²) >= 11 is 3.29. The molecule has 1 atom stereocenters. The smallest absolute Gasteiger partial charge is 0.187 e. The van der Waals surface area contributed by atoms with Crippen molar-refractivity contribution >= 4 is 21.7 Å². The Morgan fingerprint density at radius 2 is 2.25 bits per heavy atom. The van der Waals surface area contributed by atoms with Gasteiger partial charge in [-0.1, -0.05) is 25.5 Å². The molecule has 1 saturated carbocycles. The second kappa shape index (κ2) is 3.95. The van der Waals surface area contributed by atoms with E-state index in [-0.39, 0.29) is 17.1 Å². The summed E-state index contributed by atoms with van der Waals surface area (Å²) < 4.78 is 2.11. The van der Waals surface area contributed by atoms with Gasteiger partial charge in [0.05, 0.1) is 0 Å². The number of hydrogen-bond acceptors (Lipinski definition) is 3. The highest BCUT2D eigenvalue weighted by molar-refractivity contribution is 9.10. The molecule has 0 N–H and O–H groups in total. The Kier molecular flexibility index (Phi) is 2.90. The fraction of sp³-hybridized carbons (Fsp3) is 0.727. The summed E-state index contributed by atoms with van der Waals surface area (Å²) in [6.07, 6.45) is 3.22.